The summed E-state index contributed by atoms with van der Waals surface area (Å²) in [7, 11) is 3.02. The van der Waals surface area contributed by atoms with Crippen molar-refractivity contribution in [1.29, 1.82) is 0 Å². The van der Waals surface area contributed by atoms with Gasteiger partial charge in [-0.1, -0.05) is 34.5 Å². The lowest BCUT2D eigenvalue weighted by atomic mass is 9.94. The molecule has 188 valence electrons. The molecule has 11 heteroatoms. The Morgan fingerprint density at radius 2 is 1.97 bits per heavy atom. The summed E-state index contributed by atoms with van der Waals surface area (Å²) in [6.45, 7) is 3.54. The van der Waals surface area contributed by atoms with Crippen molar-refractivity contribution in [3.63, 3.8) is 0 Å². The summed E-state index contributed by atoms with van der Waals surface area (Å²) in [5.74, 6) is 0.166. The Bertz CT molecular complexity index is 1570. The highest BCUT2D eigenvalue weighted by Gasteiger charge is 2.35. The Balaban J connectivity index is 2.04. The third-order valence-electron chi connectivity index (χ3n) is 5.59. The van der Waals surface area contributed by atoms with Crippen LogP contribution in [0, 0.1) is 0 Å². The van der Waals surface area contributed by atoms with E-state index in [9.17, 15) is 14.7 Å². The van der Waals surface area contributed by atoms with Gasteiger partial charge in [0, 0.05) is 16.1 Å². The van der Waals surface area contributed by atoms with E-state index in [1.165, 1.54) is 37.0 Å². The number of phenolic OH excluding ortho intramolecular Hbond substituents is 1. The van der Waals surface area contributed by atoms with Crippen LogP contribution in [0.4, 0.5) is 0 Å². The number of hydrogen-bond acceptors (Lipinski definition) is 8. The number of methoxy groups -OCH3 is 2. The van der Waals surface area contributed by atoms with E-state index in [1.807, 2.05) is 0 Å². The number of allylic oxidation sites excluding steroid dienone is 1. The fourth-order valence-corrected chi connectivity index (χ4v) is 5.52. The molecule has 2 heterocycles. The van der Waals surface area contributed by atoms with Gasteiger partial charge in [-0.2, -0.15) is 0 Å². The predicted molar refractivity (Wildman–Crippen MR) is 138 cm³/mol. The van der Waals surface area contributed by atoms with E-state index in [2.05, 4.69) is 4.99 Å². The van der Waals surface area contributed by atoms with Crippen LogP contribution in [0.15, 0.2) is 51.4 Å². The number of benzene rings is 2. The first kappa shape index (κ1) is 25.8. The van der Waals surface area contributed by atoms with E-state index < -0.39 is 17.6 Å². The Morgan fingerprint density at radius 3 is 2.64 bits per heavy atom. The third kappa shape index (κ3) is 4.61. The van der Waals surface area contributed by atoms with E-state index >= 15 is 0 Å². The molecule has 0 aliphatic carbocycles. The van der Waals surface area contributed by atoms with Crippen molar-refractivity contribution in [1.82, 2.24) is 4.57 Å². The van der Waals surface area contributed by atoms with Crippen molar-refractivity contribution < 1.29 is 24.1 Å². The molecule has 0 amide bonds. The van der Waals surface area contributed by atoms with Crippen LogP contribution in [-0.2, 0) is 9.53 Å². The van der Waals surface area contributed by atoms with Gasteiger partial charge in [0.05, 0.1) is 41.7 Å². The maximum Gasteiger partial charge on any atom is 0.338 e. The molecule has 1 aromatic heterocycles. The minimum atomic E-state index is -0.899. The molecule has 3 aromatic rings. The van der Waals surface area contributed by atoms with E-state index in [0.29, 0.717) is 32.6 Å². The average molecular weight is 549 g/mol. The third-order valence-corrected chi connectivity index (χ3v) is 7.08. The summed E-state index contributed by atoms with van der Waals surface area (Å²) in [5.41, 5.74) is 0.976. The molecule has 4 rings (SSSR count). The van der Waals surface area contributed by atoms with Gasteiger partial charge < -0.3 is 19.3 Å². The quantitative estimate of drug-likeness (QED) is 0.470. The first-order valence-electron chi connectivity index (χ1n) is 10.8. The highest BCUT2D eigenvalue weighted by atomic mass is 35.5. The molecular formula is C25H22Cl2N2O6S. The lowest BCUT2D eigenvalue weighted by molar-refractivity contribution is -0.139. The van der Waals surface area contributed by atoms with Crippen LogP contribution >= 0.6 is 34.5 Å². The Hall–Kier alpha value is -3.27. The number of thiazole rings is 1. The number of fused-ring (bicyclic) bond motifs is 1. The van der Waals surface area contributed by atoms with E-state index in [4.69, 9.17) is 37.4 Å². The van der Waals surface area contributed by atoms with Gasteiger partial charge in [0.2, 0.25) is 0 Å². The van der Waals surface area contributed by atoms with Crippen LogP contribution in [-0.4, -0.2) is 36.5 Å². The lowest BCUT2D eigenvalue weighted by Gasteiger charge is -2.26. The van der Waals surface area contributed by atoms with Gasteiger partial charge in [-0.3, -0.25) is 9.36 Å². The van der Waals surface area contributed by atoms with Gasteiger partial charge in [0.15, 0.2) is 4.80 Å². The Labute approximate surface area is 220 Å². The Morgan fingerprint density at radius 1 is 1.22 bits per heavy atom. The molecular weight excluding hydrogens is 527 g/mol. The SMILES string of the molecule is CCOC(=O)C1=C(C)N=c2s/c(=C/c3cc(Cl)cc(Cl)c3O)c(=O)n2[C@H]1c1cc(OC)ccc1OC. The minimum absolute atomic E-state index is 0.0564. The van der Waals surface area contributed by atoms with Crippen LogP contribution in [0.5, 0.6) is 17.2 Å². The topological polar surface area (TPSA) is 99.4 Å². The van der Waals surface area contributed by atoms with Crippen LogP contribution < -0.4 is 24.4 Å². The zero-order valence-electron chi connectivity index (χ0n) is 19.8. The number of rotatable bonds is 6. The van der Waals surface area contributed by atoms with Crippen LogP contribution in [0.1, 0.15) is 31.0 Å². The first-order valence-corrected chi connectivity index (χ1v) is 12.4. The second-order valence-electron chi connectivity index (χ2n) is 7.74. The van der Waals surface area contributed by atoms with Crippen molar-refractivity contribution in [3.8, 4) is 17.2 Å². The molecule has 0 radical (unpaired) electrons. The van der Waals surface area contributed by atoms with Crippen molar-refractivity contribution in [2.75, 3.05) is 20.8 Å². The van der Waals surface area contributed by atoms with Gasteiger partial charge in [-0.15, -0.1) is 0 Å². The molecule has 0 saturated heterocycles. The number of halogens is 2. The number of phenols is 1. The molecule has 0 fully saturated rings. The smallest absolute Gasteiger partial charge is 0.338 e. The Kier molecular flexibility index (Phi) is 7.44. The first-order chi connectivity index (χ1) is 17.2. The van der Waals surface area contributed by atoms with Crippen LogP contribution in [0.3, 0.4) is 0 Å². The maximum atomic E-state index is 13.8. The summed E-state index contributed by atoms with van der Waals surface area (Å²) < 4.78 is 18.0. The van der Waals surface area contributed by atoms with E-state index in [0.717, 1.165) is 11.3 Å². The number of aromatic nitrogens is 1. The molecule has 1 aliphatic heterocycles. The number of ether oxygens (including phenoxy) is 3. The lowest BCUT2D eigenvalue weighted by Crippen LogP contribution is -2.40. The van der Waals surface area contributed by atoms with Gasteiger partial charge in [0.1, 0.15) is 23.3 Å². The summed E-state index contributed by atoms with van der Waals surface area (Å²) >= 11 is 13.3. The van der Waals surface area contributed by atoms with Crippen LogP contribution in [0.2, 0.25) is 10.0 Å². The van der Waals surface area contributed by atoms with Gasteiger partial charge in [-0.25, -0.2) is 9.79 Å². The second kappa shape index (κ2) is 10.4. The molecule has 1 aliphatic rings. The number of carbonyl (C=O) groups is 1. The van der Waals surface area contributed by atoms with Crippen molar-refractivity contribution in [3.05, 3.63) is 82.5 Å². The molecule has 2 aromatic carbocycles. The number of esters is 1. The van der Waals surface area contributed by atoms with Crippen molar-refractivity contribution in [2.45, 2.75) is 19.9 Å². The van der Waals surface area contributed by atoms with Gasteiger partial charge >= 0.3 is 5.97 Å². The van der Waals surface area contributed by atoms with E-state index in [-0.39, 0.29) is 33.0 Å². The summed E-state index contributed by atoms with van der Waals surface area (Å²) in [6.07, 6.45) is 1.49. The zero-order valence-corrected chi connectivity index (χ0v) is 22.1. The second-order valence-corrected chi connectivity index (χ2v) is 9.59. The summed E-state index contributed by atoms with van der Waals surface area (Å²) in [4.78, 5) is 31.7. The number of aromatic hydroxyl groups is 1. The summed E-state index contributed by atoms with van der Waals surface area (Å²) in [6, 6.07) is 7.14. The molecule has 0 spiro atoms. The zero-order chi connectivity index (χ0) is 26.1. The molecule has 0 unspecified atom stereocenters. The highest BCUT2D eigenvalue weighted by molar-refractivity contribution is 7.07. The van der Waals surface area contributed by atoms with Crippen molar-refractivity contribution >= 4 is 46.6 Å². The molecule has 1 atom stereocenters. The fourth-order valence-electron chi connectivity index (χ4n) is 3.98. The van der Waals surface area contributed by atoms with E-state index in [1.54, 1.807) is 32.0 Å². The molecule has 8 nitrogen and oxygen atoms in total. The average Bonchev–Trinajstić information content (AvgIpc) is 3.15. The van der Waals surface area contributed by atoms with Gasteiger partial charge in [-0.05, 0) is 50.3 Å². The highest BCUT2D eigenvalue weighted by Crippen LogP contribution is 2.38. The molecule has 0 saturated carbocycles. The van der Waals surface area contributed by atoms with Crippen molar-refractivity contribution in [2.24, 2.45) is 4.99 Å². The largest absolute Gasteiger partial charge is 0.506 e. The number of carbonyl (C=O) groups excluding carboxylic acids is 1. The predicted octanol–water partition coefficient (Wildman–Crippen LogP) is 3.83. The number of nitrogens with zero attached hydrogens (tertiary/aromatic N) is 2. The summed E-state index contributed by atoms with van der Waals surface area (Å²) in [5, 5.41) is 10.8. The monoisotopic (exact) mass is 548 g/mol. The minimum Gasteiger partial charge on any atom is -0.506 e. The fraction of sp³-hybridized carbons (Fsp3) is 0.240. The van der Waals surface area contributed by atoms with Gasteiger partial charge in [0.25, 0.3) is 5.56 Å². The molecule has 36 heavy (non-hydrogen) atoms. The molecule has 0 bridgehead atoms. The maximum absolute atomic E-state index is 13.8. The number of hydrogen-bond donors (Lipinski definition) is 1. The standard InChI is InChI=1S/C25H22Cl2N2O6S/c1-5-35-24(32)20-12(2)28-25-29(21(20)16-11-15(33-3)6-7-18(16)34-4)23(31)19(36-25)9-13-8-14(26)10-17(27)22(13)30/h6-11,21,30H,5H2,1-4H3/b19-9+/t21-/m0/s1. The normalized spacial score (nSPS) is 15.4. The molecule has 1 N–H and O–H groups in total. The van der Waals surface area contributed by atoms with Crippen LogP contribution in [0.25, 0.3) is 6.08 Å².